The number of carboxylic acid groups (broad SMARTS) is 1. The zero-order valence-electron chi connectivity index (χ0n) is 21.5. The second-order valence-electron chi connectivity index (χ2n) is 9.13. The summed E-state index contributed by atoms with van der Waals surface area (Å²) in [6.07, 6.45) is 3.79. The molecule has 5 N–H and O–H groups in total. The van der Waals surface area contributed by atoms with Gasteiger partial charge in [-0.1, -0.05) is 74.4 Å². The third-order valence-corrected chi connectivity index (χ3v) is 7.45. The molecule has 12 heteroatoms. The monoisotopic (exact) mass is 556 g/mol. The van der Waals surface area contributed by atoms with Gasteiger partial charge in [-0.2, -0.15) is 0 Å². The summed E-state index contributed by atoms with van der Waals surface area (Å²) in [7, 11) is -3.93. The summed E-state index contributed by atoms with van der Waals surface area (Å²) in [5.74, 6) is -2.37. The lowest BCUT2D eigenvalue weighted by molar-refractivity contribution is -0.139. The summed E-state index contributed by atoms with van der Waals surface area (Å²) in [5.41, 5.74) is 1.64. The molecule has 4 amide bonds. The van der Waals surface area contributed by atoms with Crippen LogP contribution in [0.3, 0.4) is 0 Å². The normalized spacial score (nSPS) is 15.4. The van der Waals surface area contributed by atoms with Crippen LogP contribution in [-0.2, 0) is 37.2 Å². The van der Waals surface area contributed by atoms with Gasteiger partial charge in [0.15, 0.2) is 0 Å². The molecule has 2 atom stereocenters. The van der Waals surface area contributed by atoms with Crippen molar-refractivity contribution in [3.8, 4) is 0 Å². The second kappa shape index (κ2) is 13.6. The first-order chi connectivity index (χ1) is 18.6. The average Bonchev–Trinajstić information content (AvgIpc) is 3.18. The van der Waals surface area contributed by atoms with Gasteiger partial charge in [0.1, 0.15) is 17.0 Å². The van der Waals surface area contributed by atoms with Crippen LogP contribution in [0.5, 0.6) is 0 Å². The van der Waals surface area contributed by atoms with Crippen molar-refractivity contribution in [2.75, 3.05) is 6.54 Å². The molecule has 0 saturated heterocycles. The van der Waals surface area contributed by atoms with E-state index in [1.807, 2.05) is 11.6 Å². The zero-order valence-corrected chi connectivity index (χ0v) is 22.3. The first-order valence-electron chi connectivity index (χ1n) is 12.6. The van der Waals surface area contributed by atoms with Crippen LogP contribution < -0.4 is 20.7 Å². The predicted molar refractivity (Wildman–Crippen MR) is 145 cm³/mol. The minimum atomic E-state index is -3.93. The van der Waals surface area contributed by atoms with E-state index in [0.717, 1.165) is 30.9 Å². The molecule has 0 unspecified atom stereocenters. The van der Waals surface area contributed by atoms with Gasteiger partial charge in [-0.15, -0.1) is 0 Å². The Labute approximate surface area is 227 Å². The topological polar surface area (TPSA) is 171 Å². The third-order valence-electron chi connectivity index (χ3n) is 6.05. The molecule has 0 spiro atoms. The number of benzene rings is 2. The summed E-state index contributed by atoms with van der Waals surface area (Å²) in [6.45, 7) is 2.46. The first kappa shape index (κ1) is 29.4. The fourth-order valence-corrected chi connectivity index (χ4v) is 5.16. The van der Waals surface area contributed by atoms with Gasteiger partial charge in [0, 0.05) is 25.5 Å². The number of hydrogen-bond donors (Lipinski definition) is 5. The van der Waals surface area contributed by atoms with Crippen molar-refractivity contribution >= 4 is 38.7 Å². The van der Waals surface area contributed by atoms with Gasteiger partial charge >= 0.3 is 12.0 Å². The Morgan fingerprint density at radius 3 is 2.10 bits per heavy atom. The van der Waals surface area contributed by atoms with Crippen LogP contribution in [-0.4, -0.2) is 56.0 Å². The largest absolute Gasteiger partial charge is 0.480 e. The smallest absolute Gasteiger partial charge is 0.326 e. The fourth-order valence-electron chi connectivity index (χ4n) is 4.02. The van der Waals surface area contributed by atoms with Gasteiger partial charge in [-0.25, -0.2) is 22.7 Å². The number of amides is 4. The SMILES string of the molecule is CCCCCNC(=O)[C@H](Cc1ccc(C2=CC(=O)NS2(=O)=O)cc1)NC(=O)N[C@@H](Cc1ccccc1)C(=O)O. The van der Waals surface area contributed by atoms with E-state index in [-0.39, 0.29) is 17.7 Å². The van der Waals surface area contributed by atoms with E-state index >= 15 is 0 Å². The van der Waals surface area contributed by atoms with Crippen LogP contribution in [0, 0.1) is 0 Å². The molecule has 1 aliphatic rings. The van der Waals surface area contributed by atoms with E-state index in [2.05, 4.69) is 16.0 Å². The van der Waals surface area contributed by atoms with Crippen LogP contribution in [0.25, 0.3) is 4.91 Å². The molecule has 0 fully saturated rings. The van der Waals surface area contributed by atoms with Crippen molar-refractivity contribution in [2.24, 2.45) is 0 Å². The average molecular weight is 557 g/mol. The quantitative estimate of drug-likeness (QED) is 0.234. The molecular weight excluding hydrogens is 524 g/mol. The Balaban J connectivity index is 1.72. The summed E-state index contributed by atoms with van der Waals surface area (Å²) < 4.78 is 26.1. The second-order valence-corrected chi connectivity index (χ2v) is 10.8. The van der Waals surface area contributed by atoms with Gasteiger partial charge in [0.05, 0.1) is 0 Å². The number of carboxylic acids is 1. The van der Waals surface area contributed by atoms with Gasteiger partial charge in [-0.05, 0) is 23.1 Å². The maximum absolute atomic E-state index is 13.0. The highest BCUT2D eigenvalue weighted by molar-refractivity contribution is 7.99. The van der Waals surface area contributed by atoms with Gasteiger partial charge in [0.25, 0.3) is 15.9 Å². The van der Waals surface area contributed by atoms with E-state index in [0.29, 0.717) is 17.7 Å². The maximum atomic E-state index is 13.0. The Kier molecular flexibility index (Phi) is 10.2. The number of carbonyl (C=O) groups excluding carboxylic acids is 3. The van der Waals surface area contributed by atoms with Crippen molar-refractivity contribution in [3.05, 3.63) is 77.4 Å². The molecule has 39 heavy (non-hydrogen) atoms. The lowest BCUT2D eigenvalue weighted by atomic mass is 10.0. The minimum absolute atomic E-state index is 0.0622. The van der Waals surface area contributed by atoms with Crippen LogP contribution >= 0.6 is 0 Å². The molecule has 1 aliphatic heterocycles. The Bertz CT molecular complexity index is 1330. The highest BCUT2D eigenvalue weighted by Gasteiger charge is 2.29. The number of urea groups is 1. The van der Waals surface area contributed by atoms with E-state index < -0.39 is 45.9 Å². The van der Waals surface area contributed by atoms with Crippen molar-refractivity contribution in [2.45, 2.75) is 51.1 Å². The standard InChI is InChI=1S/C27H32N4O7S/c1-2-3-7-14-28-25(33)21(29-27(36)30-22(26(34)35)16-18-8-5-4-6-9-18)15-19-10-12-20(13-11-19)23-17-24(32)31-39(23,37)38/h4-6,8-13,17,21-22H,2-3,7,14-16H2,1H3,(H,28,33)(H,31,32)(H,34,35)(H2,29,30,36)/t21-,22-/m0/s1. The first-order valence-corrected chi connectivity index (χ1v) is 14.1. The molecular formula is C27H32N4O7S. The molecule has 1 heterocycles. The lowest BCUT2D eigenvalue weighted by Crippen LogP contribution is -2.54. The summed E-state index contributed by atoms with van der Waals surface area (Å²) >= 11 is 0. The van der Waals surface area contributed by atoms with Gasteiger partial charge in [0.2, 0.25) is 5.91 Å². The number of carbonyl (C=O) groups is 4. The number of hydrogen-bond acceptors (Lipinski definition) is 6. The molecule has 0 saturated carbocycles. The van der Waals surface area contributed by atoms with Crippen molar-refractivity contribution in [1.29, 1.82) is 0 Å². The van der Waals surface area contributed by atoms with E-state index in [1.165, 1.54) is 12.1 Å². The molecule has 2 aromatic carbocycles. The van der Waals surface area contributed by atoms with Crippen molar-refractivity contribution in [1.82, 2.24) is 20.7 Å². The van der Waals surface area contributed by atoms with E-state index in [9.17, 15) is 32.7 Å². The highest BCUT2D eigenvalue weighted by atomic mass is 32.2. The van der Waals surface area contributed by atoms with Crippen molar-refractivity contribution in [3.63, 3.8) is 0 Å². The number of nitrogens with one attached hydrogen (secondary N) is 4. The lowest BCUT2D eigenvalue weighted by Gasteiger charge is -2.21. The molecule has 2 aromatic rings. The number of aliphatic carboxylic acids is 1. The summed E-state index contributed by atoms with van der Waals surface area (Å²) in [4.78, 5) is 48.8. The Morgan fingerprint density at radius 1 is 0.897 bits per heavy atom. The number of unbranched alkanes of at least 4 members (excludes halogenated alkanes) is 2. The Hall–Kier alpha value is -4.19. The van der Waals surface area contributed by atoms with Crippen LogP contribution in [0.2, 0.25) is 0 Å². The fraction of sp³-hybridized carbons (Fsp3) is 0.333. The maximum Gasteiger partial charge on any atom is 0.326 e. The van der Waals surface area contributed by atoms with E-state index in [1.54, 1.807) is 42.5 Å². The van der Waals surface area contributed by atoms with Crippen LogP contribution in [0.1, 0.15) is 42.9 Å². The molecule has 0 aromatic heterocycles. The van der Waals surface area contributed by atoms with Crippen molar-refractivity contribution < 1.29 is 32.7 Å². The molecule has 0 bridgehead atoms. The molecule has 208 valence electrons. The molecule has 0 radical (unpaired) electrons. The van der Waals surface area contributed by atoms with Gasteiger partial charge < -0.3 is 21.1 Å². The number of rotatable bonds is 13. The van der Waals surface area contributed by atoms with Crippen LogP contribution in [0.15, 0.2) is 60.7 Å². The summed E-state index contributed by atoms with van der Waals surface area (Å²) in [5, 5.41) is 17.4. The predicted octanol–water partition coefficient (Wildman–Crippen LogP) is 1.70. The summed E-state index contributed by atoms with van der Waals surface area (Å²) in [6, 6.07) is 12.0. The number of sulfonamides is 1. The molecule has 3 rings (SSSR count). The van der Waals surface area contributed by atoms with Gasteiger partial charge in [-0.3, -0.25) is 9.59 Å². The molecule has 11 nitrogen and oxygen atoms in total. The minimum Gasteiger partial charge on any atom is -0.480 e. The third kappa shape index (κ3) is 8.67. The van der Waals surface area contributed by atoms with E-state index in [4.69, 9.17) is 0 Å². The van der Waals surface area contributed by atoms with Crippen LogP contribution in [0.4, 0.5) is 4.79 Å². The highest BCUT2D eigenvalue weighted by Crippen LogP contribution is 2.24. The zero-order chi connectivity index (χ0) is 28.4. The molecule has 0 aliphatic carbocycles. The Morgan fingerprint density at radius 2 is 1.51 bits per heavy atom.